The summed E-state index contributed by atoms with van der Waals surface area (Å²) in [6, 6.07) is 25.5. The van der Waals surface area contributed by atoms with Gasteiger partial charge in [0.15, 0.2) is 0 Å². The van der Waals surface area contributed by atoms with Crippen LogP contribution in [0.5, 0.6) is 0 Å². The molecule has 296 valence electrons. The van der Waals surface area contributed by atoms with Crippen LogP contribution < -0.4 is 16.0 Å². The Bertz CT molecular complexity index is 1990. The molecule has 1 fully saturated rings. The smallest absolute Gasteiger partial charge is 0.408 e. The molecule has 3 unspecified atom stereocenters. The fourth-order valence-corrected chi connectivity index (χ4v) is 6.73. The van der Waals surface area contributed by atoms with Crippen LogP contribution in [0.1, 0.15) is 50.3 Å². The molecule has 0 spiro atoms. The minimum atomic E-state index is -1.17. The van der Waals surface area contributed by atoms with E-state index in [1.165, 1.54) is 41.1 Å². The average molecular weight is 768 g/mol. The Kier molecular flexibility index (Phi) is 14.0. The fraction of sp³-hybridized carbons (Fsp3) is 0.372. The van der Waals surface area contributed by atoms with E-state index in [0.717, 1.165) is 21.9 Å². The summed E-state index contributed by atoms with van der Waals surface area (Å²) < 4.78 is 24.6. The molecule has 5 rings (SSSR count). The van der Waals surface area contributed by atoms with Crippen LogP contribution >= 0.6 is 0 Å². The maximum absolute atomic E-state index is 14.6. The first-order valence-electron chi connectivity index (χ1n) is 18.8. The summed E-state index contributed by atoms with van der Waals surface area (Å²) in [7, 11) is 1.52. The van der Waals surface area contributed by atoms with Gasteiger partial charge < -0.3 is 35.2 Å². The van der Waals surface area contributed by atoms with Gasteiger partial charge in [0, 0.05) is 39.5 Å². The number of rotatable bonds is 14. The summed E-state index contributed by atoms with van der Waals surface area (Å²) in [5.41, 5.74) is 1.41. The molecule has 1 aliphatic heterocycles. The van der Waals surface area contributed by atoms with Crippen LogP contribution in [0.25, 0.3) is 10.8 Å². The summed E-state index contributed by atoms with van der Waals surface area (Å²) >= 11 is 0. The number of piperazine rings is 1. The zero-order valence-electron chi connectivity index (χ0n) is 32.3. The van der Waals surface area contributed by atoms with Crippen molar-refractivity contribution >= 4 is 40.7 Å². The summed E-state index contributed by atoms with van der Waals surface area (Å²) in [5, 5.41) is 10.1. The van der Waals surface area contributed by atoms with E-state index in [-0.39, 0.29) is 57.8 Å². The largest absolute Gasteiger partial charge is 0.445 e. The van der Waals surface area contributed by atoms with Crippen molar-refractivity contribution < 1.29 is 37.8 Å². The predicted octanol–water partition coefficient (Wildman–Crippen LogP) is 5.52. The van der Waals surface area contributed by atoms with Gasteiger partial charge in [-0.3, -0.25) is 14.4 Å². The van der Waals surface area contributed by atoms with Crippen LogP contribution in [-0.2, 0) is 43.3 Å². The lowest BCUT2D eigenvalue weighted by atomic mass is 9.96. The molecule has 0 saturated carbocycles. The summed E-state index contributed by atoms with van der Waals surface area (Å²) in [4.78, 5) is 71.1. The Balaban J connectivity index is 1.38. The molecule has 0 aromatic heterocycles. The van der Waals surface area contributed by atoms with Gasteiger partial charge in [0.25, 0.3) is 0 Å². The highest BCUT2D eigenvalue weighted by molar-refractivity contribution is 5.95. The zero-order valence-corrected chi connectivity index (χ0v) is 32.3. The molecule has 1 heterocycles. The highest BCUT2D eigenvalue weighted by Crippen LogP contribution is 2.24. The topological polar surface area (TPSA) is 146 Å². The first-order chi connectivity index (χ1) is 26.8. The van der Waals surface area contributed by atoms with E-state index in [9.17, 15) is 28.4 Å². The first-order valence-corrected chi connectivity index (χ1v) is 18.8. The van der Waals surface area contributed by atoms with Crippen molar-refractivity contribution in [1.82, 2.24) is 25.8 Å². The van der Waals surface area contributed by atoms with Crippen molar-refractivity contribution in [3.05, 3.63) is 120 Å². The number of nitrogens with one attached hydrogen (secondary N) is 3. The van der Waals surface area contributed by atoms with Gasteiger partial charge in [-0.05, 0) is 73.2 Å². The van der Waals surface area contributed by atoms with Crippen molar-refractivity contribution in [1.29, 1.82) is 0 Å². The van der Waals surface area contributed by atoms with Crippen molar-refractivity contribution in [2.75, 3.05) is 26.7 Å². The molecular weight excluding hydrogens is 717 g/mol. The molecule has 12 nitrogen and oxygen atoms in total. The highest BCUT2D eigenvalue weighted by atomic mass is 19.1. The number of hydrogen-bond acceptors (Lipinski definition) is 7. The van der Waals surface area contributed by atoms with Crippen LogP contribution in [0.2, 0.25) is 0 Å². The first kappa shape index (κ1) is 41.2. The third-order valence-electron chi connectivity index (χ3n) is 9.46. The van der Waals surface area contributed by atoms with Crippen LogP contribution in [-0.4, -0.2) is 90.1 Å². The number of likely N-dealkylation sites (N-methyl/N-ethyl adjacent to an activating group) is 1. The van der Waals surface area contributed by atoms with Gasteiger partial charge in [-0.2, -0.15) is 0 Å². The Labute approximate surface area is 326 Å². The van der Waals surface area contributed by atoms with Crippen molar-refractivity contribution in [2.24, 2.45) is 0 Å². The number of halogens is 1. The lowest BCUT2D eigenvalue weighted by molar-refractivity contribution is -0.157. The van der Waals surface area contributed by atoms with E-state index in [1.807, 2.05) is 72.8 Å². The highest BCUT2D eigenvalue weighted by Gasteiger charge is 2.43. The molecule has 4 aromatic rings. The Morgan fingerprint density at radius 2 is 1.50 bits per heavy atom. The SMILES string of the molecule is CNC(=O)C(Cc1ccc2ccccc2c1)N1CCN(C(=O)C(Cc2ccc(F)cc2)NC(=O)OC(C)(C)C)C(CCCNC(=O)OCc2ccccc2)C1=O. The molecule has 0 radical (unpaired) electrons. The third kappa shape index (κ3) is 11.5. The number of benzene rings is 4. The number of carbonyl (C=O) groups excluding carboxylic acids is 5. The minimum Gasteiger partial charge on any atom is -0.445 e. The molecule has 0 aliphatic carbocycles. The van der Waals surface area contributed by atoms with Crippen LogP contribution in [0, 0.1) is 5.82 Å². The van der Waals surface area contributed by atoms with E-state index >= 15 is 0 Å². The van der Waals surface area contributed by atoms with Crippen molar-refractivity contribution in [3.8, 4) is 0 Å². The molecule has 3 N–H and O–H groups in total. The molecule has 0 bridgehead atoms. The second-order valence-electron chi connectivity index (χ2n) is 14.8. The summed E-state index contributed by atoms with van der Waals surface area (Å²) in [5.74, 6) is -1.79. The number of amides is 5. The van der Waals surface area contributed by atoms with Crippen molar-refractivity contribution in [3.63, 3.8) is 0 Å². The molecule has 4 aromatic carbocycles. The van der Waals surface area contributed by atoms with Gasteiger partial charge in [0.1, 0.15) is 36.2 Å². The second kappa shape index (κ2) is 19.1. The number of ether oxygens (including phenoxy) is 2. The summed E-state index contributed by atoms with van der Waals surface area (Å²) in [6.07, 6.45) is -0.809. The van der Waals surface area contributed by atoms with E-state index in [1.54, 1.807) is 20.8 Å². The van der Waals surface area contributed by atoms with Crippen LogP contribution in [0.4, 0.5) is 14.0 Å². The quantitative estimate of drug-likeness (QED) is 0.143. The Morgan fingerprint density at radius 3 is 2.20 bits per heavy atom. The van der Waals surface area contributed by atoms with E-state index in [4.69, 9.17) is 9.47 Å². The second-order valence-corrected chi connectivity index (χ2v) is 14.8. The van der Waals surface area contributed by atoms with E-state index in [0.29, 0.717) is 5.56 Å². The van der Waals surface area contributed by atoms with Crippen LogP contribution in [0.15, 0.2) is 97.1 Å². The number of fused-ring (bicyclic) bond motifs is 1. The lowest BCUT2D eigenvalue weighted by Crippen LogP contribution is -2.65. The molecule has 5 amide bonds. The van der Waals surface area contributed by atoms with Gasteiger partial charge in [0.2, 0.25) is 17.7 Å². The zero-order chi connectivity index (χ0) is 40.2. The minimum absolute atomic E-state index is 0.00286. The van der Waals surface area contributed by atoms with Gasteiger partial charge in [-0.25, -0.2) is 14.0 Å². The Hall–Kier alpha value is -5.98. The molecule has 3 atom stereocenters. The predicted molar refractivity (Wildman–Crippen MR) is 210 cm³/mol. The standard InChI is InChI=1S/C43H50FN5O7/c1-43(2,3)56-42(54)47-35(26-29-17-20-34(44)21-18-29)39(51)48-23-24-49(37(38(50)45-4)27-31-16-19-32-13-8-9-14-33(32)25-31)40(52)36(48)15-10-22-46-41(53)55-28-30-11-6-5-7-12-30/h5-9,11-14,16-21,25,35-37H,10,15,22-24,26-28H2,1-4H3,(H,45,50)(H,46,53)(H,47,54). The number of nitrogens with zero attached hydrogens (tertiary/aromatic N) is 2. The normalized spacial score (nSPS) is 15.4. The third-order valence-corrected chi connectivity index (χ3v) is 9.46. The van der Waals surface area contributed by atoms with Gasteiger partial charge >= 0.3 is 12.2 Å². The van der Waals surface area contributed by atoms with Gasteiger partial charge in [-0.1, -0.05) is 84.9 Å². The van der Waals surface area contributed by atoms with Gasteiger partial charge in [-0.15, -0.1) is 0 Å². The maximum Gasteiger partial charge on any atom is 0.408 e. The monoisotopic (exact) mass is 767 g/mol. The molecule has 56 heavy (non-hydrogen) atoms. The summed E-state index contributed by atoms with van der Waals surface area (Å²) in [6.45, 7) is 5.43. The van der Waals surface area contributed by atoms with Gasteiger partial charge in [0.05, 0.1) is 0 Å². The fourth-order valence-electron chi connectivity index (χ4n) is 6.73. The number of carbonyl (C=O) groups is 5. The molecular formula is C43H50FN5O7. The van der Waals surface area contributed by atoms with E-state index < -0.39 is 53.5 Å². The van der Waals surface area contributed by atoms with Crippen molar-refractivity contribution in [2.45, 2.75) is 76.8 Å². The van der Waals surface area contributed by atoms with E-state index in [2.05, 4.69) is 16.0 Å². The number of hydrogen-bond donors (Lipinski definition) is 3. The number of alkyl carbamates (subject to hydrolysis) is 2. The Morgan fingerprint density at radius 1 is 0.821 bits per heavy atom. The van der Waals surface area contributed by atoms with Crippen LogP contribution in [0.3, 0.4) is 0 Å². The maximum atomic E-state index is 14.6. The lowest BCUT2D eigenvalue weighted by Gasteiger charge is -2.44. The average Bonchev–Trinajstić information content (AvgIpc) is 3.18. The molecule has 1 aliphatic rings. The molecule has 1 saturated heterocycles. The molecule has 13 heteroatoms.